The number of hydrogen-bond acceptors (Lipinski definition) is 3. The molecule has 1 aromatic rings. The monoisotopic (exact) mass is 255 g/mol. The lowest BCUT2D eigenvalue weighted by Gasteiger charge is -2.13. The molecule has 1 atom stereocenters. The van der Waals surface area contributed by atoms with Gasteiger partial charge in [0.2, 0.25) is 0 Å². The highest BCUT2D eigenvalue weighted by molar-refractivity contribution is 5.96. The molecule has 0 radical (unpaired) electrons. The zero-order valence-electron chi connectivity index (χ0n) is 10.1. The Bertz CT molecular complexity index is 461. The van der Waals surface area contributed by atoms with Gasteiger partial charge in [0.25, 0.3) is 5.91 Å². The molecule has 1 amide bonds. The van der Waals surface area contributed by atoms with E-state index in [1.165, 1.54) is 19.2 Å². The van der Waals surface area contributed by atoms with Gasteiger partial charge in [-0.3, -0.25) is 4.79 Å². The van der Waals surface area contributed by atoms with E-state index < -0.39 is 23.7 Å². The van der Waals surface area contributed by atoms with Crippen molar-refractivity contribution >= 4 is 11.9 Å². The second kappa shape index (κ2) is 6.11. The minimum atomic E-state index is -1.21. The van der Waals surface area contributed by atoms with E-state index in [2.05, 4.69) is 10.1 Å². The van der Waals surface area contributed by atoms with Crippen molar-refractivity contribution in [1.29, 1.82) is 0 Å². The number of carboxylic acid groups (broad SMARTS) is 1. The molecule has 0 saturated heterocycles. The third kappa shape index (κ3) is 3.53. The average molecular weight is 255 g/mol. The van der Waals surface area contributed by atoms with Gasteiger partial charge in [-0.25, -0.2) is 9.18 Å². The maximum atomic E-state index is 13.3. The molecule has 1 unspecified atom stereocenters. The summed E-state index contributed by atoms with van der Waals surface area (Å²) < 4.78 is 17.9. The van der Waals surface area contributed by atoms with Gasteiger partial charge in [0, 0.05) is 12.7 Å². The standard InChI is InChI=1S/C12H14FNO4/c1-7-3-4-8(5-9(7)13)11(15)14-10(6-18-2)12(16)17/h3-5,10H,6H2,1-2H3,(H,14,15)(H,16,17). The summed E-state index contributed by atoms with van der Waals surface area (Å²) in [5.41, 5.74) is 0.485. The van der Waals surface area contributed by atoms with Gasteiger partial charge in [-0.2, -0.15) is 0 Å². The van der Waals surface area contributed by atoms with Gasteiger partial charge in [0.05, 0.1) is 6.61 Å². The fourth-order valence-corrected chi connectivity index (χ4v) is 1.32. The molecule has 0 heterocycles. The van der Waals surface area contributed by atoms with Crippen molar-refractivity contribution in [2.75, 3.05) is 13.7 Å². The minimum absolute atomic E-state index is 0.0699. The topological polar surface area (TPSA) is 75.6 Å². The highest BCUT2D eigenvalue weighted by atomic mass is 19.1. The van der Waals surface area contributed by atoms with Crippen LogP contribution in [0.2, 0.25) is 0 Å². The van der Waals surface area contributed by atoms with Crippen LogP contribution in [0.15, 0.2) is 18.2 Å². The summed E-state index contributed by atoms with van der Waals surface area (Å²) >= 11 is 0. The van der Waals surface area contributed by atoms with Crippen molar-refractivity contribution in [2.45, 2.75) is 13.0 Å². The molecule has 1 aromatic carbocycles. The molecule has 0 aliphatic carbocycles. The van der Waals surface area contributed by atoms with Crippen LogP contribution < -0.4 is 5.32 Å². The normalized spacial score (nSPS) is 11.9. The van der Waals surface area contributed by atoms with Gasteiger partial charge in [-0.05, 0) is 24.6 Å². The number of halogens is 1. The number of amides is 1. The van der Waals surface area contributed by atoms with Crippen molar-refractivity contribution < 1.29 is 23.8 Å². The summed E-state index contributed by atoms with van der Waals surface area (Å²) in [4.78, 5) is 22.5. The van der Waals surface area contributed by atoms with E-state index in [4.69, 9.17) is 5.11 Å². The second-order valence-corrected chi connectivity index (χ2v) is 3.78. The molecule has 0 bridgehead atoms. The van der Waals surface area contributed by atoms with Crippen LogP contribution in [0.3, 0.4) is 0 Å². The van der Waals surface area contributed by atoms with Crippen LogP contribution in [0, 0.1) is 12.7 Å². The Morgan fingerprint density at radius 2 is 2.17 bits per heavy atom. The van der Waals surface area contributed by atoms with Crippen molar-refractivity contribution in [1.82, 2.24) is 5.32 Å². The number of benzene rings is 1. The lowest BCUT2D eigenvalue weighted by Crippen LogP contribution is -2.43. The SMILES string of the molecule is COCC(NC(=O)c1ccc(C)c(F)c1)C(=O)O. The van der Waals surface area contributed by atoms with E-state index in [0.717, 1.165) is 6.07 Å². The lowest BCUT2D eigenvalue weighted by molar-refractivity contribution is -0.140. The van der Waals surface area contributed by atoms with E-state index in [-0.39, 0.29) is 12.2 Å². The average Bonchev–Trinajstić information content (AvgIpc) is 2.31. The number of methoxy groups -OCH3 is 1. The molecule has 5 nitrogen and oxygen atoms in total. The van der Waals surface area contributed by atoms with Gasteiger partial charge in [-0.15, -0.1) is 0 Å². The Hall–Kier alpha value is -1.95. The number of carbonyl (C=O) groups excluding carboxylic acids is 1. The number of hydrogen-bond donors (Lipinski definition) is 2. The van der Waals surface area contributed by atoms with Crippen molar-refractivity contribution in [2.24, 2.45) is 0 Å². The molecule has 0 saturated carbocycles. The Kier molecular flexibility index (Phi) is 4.79. The molecule has 2 N–H and O–H groups in total. The first kappa shape index (κ1) is 14.1. The molecule has 6 heteroatoms. The molecule has 98 valence electrons. The van der Waals surface area contributed by atoms with Gasteiger partial charge >= 0.3 is 5.97 Å². The van der Waals surface area contributed by atoms with Crippen LogP contribution in [0.5, 0.6) is 0 Å². The second-order valence-electron chi connectivity index (χ2n) is 3.78. The highest BCUT2D eigenvalue weighted by Crippen LogP contribution is 2.09. The summed E-state index contributed by atoms with van der Waals surface area (Å²) in [6, 6.07) is 2.79. The summed E-state index contributed by atoms with van der Waals surface area (Å²) in [5, 5.41) is 11.1. The molecular formula is C12H14FNO4. The zero-order valence-corrected chi connectivity index (χ0v) is 10.1. The largest absolute Gasteiger partial charge is 0.480 e. The Morgan fingerprint density at radius 1 is 1.50 bits per heavy atom. The summed E-state index contributed by atoms with van der Waals surface area (Å²) in [6.45, 7) is 1.41. The van der Waals surface area contributed by atoms with E-state index in [9.17, 15) is 14.0 Å². The van der Waals surface area contributed by atoms with Crippen LogP contribution >= 0.6 is 0 Å². The van der Waals surface area contributed by atoms with Gasteiger partial charge in [-0.1, -0.05) is 6.07 Å². The first-order valence-electron chi connectivity index (χ1n) is 5.24. The summed E-state index contributed by atoms with van der Waals surface area (Å²) in [6.07, 6.45) is 0. The molecular weight excluding hydrogens is 241 g/mol. The minimum Gasteiger partial charge on any atom is -0.480 e. The maximum absolute atomic E-state index is 13.3. The number of rotatable bonds is 5. The molecule has 1 rings (SSSR count). The summed E-state index contributed by atoms with van der Waals surface area (Å²) in [7, 11) is 1.33. The van der Waals surface area contributed by atoms with Crippen molar-refractivity contribution in [3.8, 4) is 0 Å². The van der Waals surface area contributed by atoms with Crippen LogP contribution in [-0.2, 0) is 9.53 Å². The number of aryl methyl sites for hydroxylation is 1. The summed E-state index contributed by atoms with van der Waals surface area (Å²) in [5.74, 6) is -2.38. The fraction of sp³-hybridized carbons (Fsp3) is 0.333. The number of aliphatic carboxylic acids is 1. The quantitative estimate of drug-likeness (QED) is 0.821. The van der Waals surface area contributed by atoms with Gasteiger partial charge in [0.1, 0.15) is 5.82 Å². The first-order chi connectivity index (χ1) is 8.45. The number of nitrogens with one attached hydrogen (secondary N) is 1. The van der Waals surface area contributed by atoms with E-state index in [0.29, 0.717) is 5.56 Å². The Balaban J connectivity index is 2.80. The van der Waals surface area contributed by atoms with Crippen molar-refractivity contribution in [3.63, 3.8) is 0 Å². The molecule has 0 spiro atoms. The highest BCUT2D eigenvalue weighted by Gasteiger charge is 2.20. The van der Waals surface area contributed by atoms with E-state index in [1.54, 1.807) is 6.92 Å². The molecule has 0 aliphatic rings. The number of carboxylic acids is 1. The lowest BCUT2D eigenvalue weighted by atomic mass is 10.1. The number of ether oxygens (including phenoxy) is 1. The third-order valence-corrected chi connectivity index (χ3v) is 2.37. The molecule has 0 aliphatic heterocycles. The Labute approximate surface area is 104 Å². The number of carbonyl (C=O) groups is 2. The smallest absolute Gasteiger partial charge is 0.328 e. The van der Waals surface area contributed by atoms with E-state index >= 15 is 0 Å². The maximum Gasteiger partial charge on any atom is 0.328 e. The van der Waals surface area contributed by atoms with E-state index in [1.807, 2.05) is 0 Å². The first-order valence-corrected chi connectivity index (χ1v) is 5.24. The Morgan fingerprint density at radius 3 is 2.67 bits per heavy atom. The zero-order chi connectivity index (χ0) is 13.7. The van der Waals surface area contributed by atoms with Crippen LogP contribution in [0.4, 0.5) is 4.39 Å². The van der Waals surface area contributed by atoms with Gasteiger partial charge < -0.3 is 15.2 Å². The van der Waals surface area contributed by atoms with Crippen LogP contribution in [-0.4, -0.2) is 36.7 Å². The van der Waals surface area contributed by atoms with Gasteiger partial charge in [0.15, 0.2) is 6.04 Å². The van der Waals surface area contributed by atoms with Crippen molar-refractivity contribution in [3.05, 3.63) is 35.1 Å². The predicted molar refractivity (Wildman–Crippen MR) is 61.9 cm³/mol. The molecule has 18 heavy (non-hydrogen) atoms. The third-order valence-electron chi connectivity index (χ3n) is 2.37. The molecule has 0 aromatic heterocycles. The fourth-order valence-electron chi connectivity index (χ4n) is 1.32. The molecule has 0 fully saturated rings. The van der Waals surface area contributed by atoms with Crippen LogP contribution in [0.1, 0.15) is 15.9 Å². The van der Waals surface area contributed by atoms with Crippen LogP contribution in [0.25, 0.3) is 0 Å². The predicted octanol–water partition coefficient (Wildman–Crippen LogP) is 0.964.